The zero-order valence-electron chi connectivity index (χ0n) is 19.5. The molecule has 0 aromatic heterocycles. The summed E-state index contributed by atoms with van der Waals surface area (Å²) < 4.78 is 5.62. The average molecular weight is 483 g/mol. The zero-order valence-corrected chi connectivity index (χ0v) is 20.3. The lowest BCUT2D eigenvalue weighted by molar-refractivity contribution is -0.156. The molecular weight excluding hydrogens is 452 g/mol. The molecule has 2 atom stereocenters. The predicted octanol–water partition coefficient (Wildman–Crippen LogP) is 4.11. The van der Waals surface area contributed by atoms with Crippen LogP contribution >= 0.6 is 11.8 Å². The van der Waals surface area contributed by atoms with Gasteiger partial charge in [0.05, 0.1) is 0 Å². The second-order valence-corrected chi connectivity index (χ2v) is 9.96. The number of carbonyl (C=O) groups is 3. The summed E-state index contributed by atoms with van der Waals surface area (Å²) in [6.45, 7) is 2.09. The van der Waals surface area contributed by atoms with Crippen LogP contribution < -0.4 is 5.32 Å². The van der Waals surface area contributed by atoms with E-state index in [1.807, 2.05) is 42.7 Å². The van der Waals surface area contributed by atoms with E-state index in [1.54, 1.807) is 18.7 Å². The highest BCUT2D eigenvalue weighted by atomic mass is 32.2. The average Bonchev–Trinajstić information content (AvgIpc) is 3.39. The number of ether oxygens (including phenoxy) is 1. The van der Waals surface area contributed by atoms with Gasteiger partial charge in [0.2, 0.25) is 5.91 Å². The molecule has 2 unspecified atom stereocenters. The number of hydrogen-bond acceptors (Lipinski definition) is 5. The first-order chi connectivity index (χ1) is 16.4. The van der Waals surface area contributed by atoms with Crippen molar-refractivity contribution in [1.82, 2.24) is 10.2 Å². The molecule has 1 saturated heterocycles. The molecule has 34 heavy (non-hydrogen) atoms. The van der Waals surface area contributed by atoms with Crippen LogP contribution in [0.1, 0.15) is 43.2 Å². The number of carboxylic acids is 1. The molecule has 7 nitrogen and oxygen atoms in total. The van der Waals surface area contributed by atoms with E-state index < -0.39 is 23.6 Å². The molecule has 0 spiro atoms. The number of aliphatic carboxylic acids is 1. The molecule has 1 heterocycles. The topological polar surface area (TPSA) is 95.9 Å². The van der Waals surface area contributed by atoms with Crippen molar-refractivity contribution in [3.63, 3.8) is 0 Å². The smallest absolute Gasteiger partial charge is 0.407 e. The summed E-state index contributed by atoms with van der Waals surface area (Å²) in [4.78, 5) is 39.3. The highest BCUT2D eigenvalue weighted by Crippen LogP contribution is 2.44. The lowest BCUT2D eigenvalue weighted by Gasteiger charge is -2.34. The van der Waals surface area contributed by atoms with Gasteiger partial charge in [-0.2, -0.15) is 11.8 Å². The van der Waals surface area contributed by atoms with E-state index in [-0.39, 0.29) is 18.4 Å². The highest BCUT2D eigenvalue weighted by Gasteiger charge is 2.47. The molecule has 2 aromatic rings. The number of carbonyl (C=O) groups excluding carboxylic acids is 2. The quantitative estimate of drug-likeness (QED) is 0.588. The predicted molar refractivity (Wildman–Crippen MR) is 132 cm³/mol. The van der Waals surface area contributed by atoms with E-state index in [2.05, 4.69) is 17.4 Å². The van der Waals surface area contributed by atoms with Crippen molar-refractivity contribution in [2.45, 2.75) is 43.7 Å². The van der Waals surface area contributed by atoms with Gasteiger partial charge >= 0.3 is 12.1 Å². The Bertz CT molecular complexity index is 1040. The van der Waals surface area contributed by atoms with Crippen molar-refractivity contribution in [3.05, 3.63) is 59.7 Å². The number of carboxylic acid groups (broad SMARTS) is 1. The number of alkyl carbamates (subject to hydrolysis) is 1. The van der Waals surface area contributed by atoms with Gasteiger partial charge in [0.15, 0.2) is 0 Å². The molecule has 8 heteroatoms. The van der Waals surface area contributed by atoms with Crippen molar-refractivity contribution in [2.75, 3.05) is 25.2 Å². The third-order valence-corrected chi connectivity index (χ3v) is 7.56. The molecule has 2 aromatic carbocycles. The minimum Gasteiger partial charge on any atom is -0.480 e. The van der Waals surface area contributed by atoms with E-state index in [0.717, 1.165) is 22.3 Å². The second kappa shape index (κ2) is 10.1. The van der Waals surface area contributed by atoms with Crippen molar-refractivity contribution < 1.29 is 24.2 Å². The SMILES string of the molecule is CSCCC(NC(=O)OCC1c2ccccc2-c2ccccc21)C(=O)N1CCCC1(C)C(=O)O. The molecule has 1 aliphatic carbocycles. The van der Waals surface area contributed by atoms with Crippen molar-refractivity contribution in [2.24, 2.45) is 0 Å². The van der Waals surface area contributed by atoms with Gasteiger partial charge in [-0.3, -0.25) is 4.79 Å². The first-order valence-corrected chi connectivity index (χ1v) is 12.9. The van der Waals surface area contributed by atoms with Crippen molar-refractivity contribution >= 4 is 29.7 Å². The second-order valence-electron chi connectivity index (χ2n) is 8.98. The highest BCUT2D eigenvalue weighted by molar-refractivity contribution is 7.98. The van der Waals surface area contributed by atoms with Crippen LogP contribution in [0, 0.1) is 0 Å². The molecule has 2 amide bonds. The summed E-state index contributed by atoms with van der Waals surface area (Å²) in [7, 11) is 0. The maximum atomic E-state index is 13.3. The molecular formula is C26H30N2O5S. The van der Waals surface area contributed by atoms with E-state index in [4.69, 9.17) is 4.74 Å². The van der Waals surface area contributed by atoms with Gasteiger partial charge in [-0.05, 0) is 60.4 Å². The zero-order chi connectivity index (χ0) is 24.3. The van der Waals surface area contributed by atoms with Crippen LogP contribution in [0.5, 0.6) is 0 Å². The summed E-state index contributed by atoms with van der Waals surface area (Å²) >= 11 is 1.56. The van der Waals surface area contributed by atoms with Gasteiger partial charge in [0.1, 0.15) is 18.2 Å². The third-order valence-electron chi connectivity index (χ3n) is 6.91. The Balaban J connectivity index is 1.45. The molecule has 180 valence electrons. The van der Waals surface area contributed by atoms with Crippen LogP contribution in [-0.4, -0.2) is 64.7 Å². The number of nitrogens with zero attached hydrogens (tertiary/aromatic N) is 1. The summed E-state index contributed by atoms with van der Waals surface area (Å²) in [5, 5.41) is 12.4. The van der Waals surface area contributed by atoms with Gasteiger partial charge in [-0.25, -0.2) is 9.59 Å². The number of hydrogen-bond donors (Lipinski definition) is 2. The first kappa shape index (κ1) is 24.1. The Hall–Kier alpha value is -3.00. The van der Waals surface area contributed by atoms with E-state index in [0.29, 0.717) is 31.6 Å². The summed E-state index contributed by atoms with van der Waals surface area (Å²) in [6, 6.07) is 15.3. The lowest BCUT2D eigenvalue weighted by Crippen LogP contribution is -2.57. The molecule has 2 N–H and O–H groups in total. The van der Waals surface area contributed by atoms with Crippen LogP contribution in [0.25, 0.3) is 11.1 Å². The lowest BCUT2D eigenvalue weighted by atomic mass is 9.98. The normalized spacial score (nSPS) is 19.9. The number of likely N-dealkylation sites (tertiary alicyclic amines) is 1. The Morgan fingerprint density at radius 1 is 1.15 bits per heavy atom. The molecule has 0 bridgehead atoms. The molecule has 1 aliphatic heterocycles. The van der Waals surface area contributed by atoms with Crippen LogP contribution in [0.3, 0.4) is 0 Å². The van der Waals surface area contributed by atoms with Gasteiger partial charge in [0, 0.05) is 12.5 Å². The van der Waals surface area contributed by atoms with Gasteiger partial charge in [0.25, 0.3) is 0 Å². The Morgan fingerprint density at radius 2 is 1.76 bits per heavy atom. The largest absolute Gasteiger partial charge is 0.480 e. The maximum absolute atomic E-state index is 13.3. The molecule has 2 aliphatic rings. The van der Waals surface area contributed by atoms with E-state index in [1.165, 1.54) is 4.90 Å². The minimum atomic E-state index is -1.25. The van der Waals surface area contributed by atoms with Crippen molar-refractivity contribution in [3.8, 4) is 11.1 Å². The number of nitrogens with one attached hydrogen (secondary N) is 1. The van der Waals surface area contributed by atoms with Gasteiger partial charge < -0.3 is 20.1 Å². The minimum absolute atomic E-state index is 0.0765. The molecule has 1 fully saturated rings. The van der Waals surface area contributed by atoms with Crippen LogP contribution in [0.4, 0.5) is 4.79 Å². The van der Waals surface area contributed by atoms with Gasteiger partial charge in [-0.15, -0.1) is 0 Å². The number of fused-ring (bicyclic) bond motifs is 3. The fourth-order valence-corrected chi connectivity index (χ4v) is 5.47. The summed E-state index contributed by atoms with van der Waals surface area (Å²) in [5.74, 6) is -0.821. The Kier molecular flexibility index (Phi) is 7.16. The molecule has 0 radical (unpaired) electrons. The third kappa shape index (κ3) is 4.51. The summed E-state index contributed by atoms with van der Waals surface area (Å²) in [5.41, 5.74) is 3.25. The van der Waals surface area contributed by atoms with E-state index in [9.17, 15) is 19.5 Å². The standard InChI is InChI=1S/C26H30N2O5S/c1-26(24(30)31)13-7-14-28(26)23(29)22(12-15-34-2)27-25(32)33-16-21-19-10-5-3-8-17(19)18-9-4-6-11-20(18)21/h3-6,8-11,21-22H,7,12-16H2,1-2H3,(H,27,32)(H,30,31). The van der Waals surface area contributed by atoms with Crippen LogP contribution in [-0.2, 0) is 14.3 Å². The fourth-order valence-electron chi connectivity index (χ4n) is 5.00. The summed E-state index contributed by atoms with van der Waals surface area (Å²) in [6.07, 6.45) is 2.67. The van der Waals surface area contributed by atoms with Gasteiger partial charge in [-0.1, -0.05) is 48.5 Å². The maximum Gasteiger partial charge on any atom is 0.407 e. The fraction of sp³-hybridized carbons (Fsp3) is 0.423. The number of amides is 2. The van der Waals surface area contributed by atoms with E-state index >= 15 is 0 Å². The molecule has 4 rings (SSSR count). The number of rotatable bonds is 8. The van der Waals surface area contributed by atoms with Crippen LogP contribution in [0.15, 0.2) is 48.5 Å². The van der Waals surface area contributed by atoms with Crippen LogP contribution in [0.2, 0.25) is 0 Å². The van der Waals surface area contributed by atoms with Crippen molar-refractivity contribution in [1.29, 1.82) is 0 Å². The Labute approximate surface area is 203 Å². The number of benzene rings is 2. The number of thioether (sulfide) groups is 1. The Morgan fingerprint density at radius 3 is 2.35 bits per heavy atom. The monoisotopic (exact) mass is 482 g/mol. The molecule has 0 saturated carbocycles. The first-order valence-electron chi connectivity index (χ1n) is 11.5.